The molecule has 6 heteroatoms. The van der Waals surface area contributed by atoms with E-state index in [1.807, 2.05) is 0 Å². The predicted octanol–water partition coefficient (Wildman–Crippen LogP) is 1.53. The van der Waals surface area contributed by atoms with Gasteiger partial charge in [-0.3, -0.25) is 9.36 Å². The van der Waals surface area contributed by atoms with Crippen LogP contribution in [0.4, 0.5) is 0 Å². The molecule has 0 radical (unpaired) electrons. The summed E-state index contributed by atoms with van der Waals surface area (Å²) in [6.07, 6.45) is 7.37. The maximum Gasteiger partial charge on any atom is 0.328 e. The van der Waals surface area contributed by atoms with Crippen LogP contribution in [0.3, 0.4) is 0 Å². The molecule has 1 heterocycles. The highest BCUT2D eigenvalue weighted by Gasteiger charge is 2.31. The predicted molar refractivity (Wildman–Crippen MR) is 71.2 cm³/mol. The van der Waals surface area contributed by atoms with Crippen LogP contribution in [0.25, 0.3) is 0 Å². The van der Waals surface area contributed by atoms with Crippen LogP contribution in [0.1, 0.15) is 61.9 Å². The van der Waals surface area contributed by atoms with Crippen molar-refractivity contribution in [3.05, 3.63) is 32.1 Å². The number of aromatic nitrogens is 2. The van der Waals surface area contributed by atoms with Gasteiger partial charge in [-0.25, -0.2) is 4.79 Å². The summed E-state index contributed by atoms with van der Waals surface area (Å²) < 4.78 is 6.29. The first kappa shape index (κ1) is 13.0. The first-order valence-electron chi connectivity index (χ1n) is 7.14. The minimum Gasteiger partial charge on any atom is -0.418 e. The molecular formula is C14H17N3O3. The minimum atomic E-state index is -0.476. The molecule has 106 valence electrons. The smallest absolute Gasteiger partial charge is 0.328 e. The standard InChI is InChI=1S/C14H17N3O3/c15-8-20-11-7-6-10-12(11)16-14(19)17(13(10)18)9-4-2-1-3-5-9/h9,11H,1-7H2,(H,16,19). The number of aromatic amines is 1. The van der Waals surface area contributed by atoms with Gasteiger partial charge in [0.05, 0.1) is 5.69 Å². The lowest BCUT2D eigenvalue weighted by Gasteiger charge is -2.23. The molecule has 3 rings (SSSR count). The fraction of sp³-hybridized carbons (Fsp3) is 0.643. The van der Waals surface area contributed by atoms with Gasteiger partial charge in [-0.05, 0) is 25.7 Å². The Morgan fingerprint density at radius 1 is 1.20 bits per heavy atom. The Balaban J connectivity index is 2.05. The van der Waals surface area contributed by atoms with Crippen LogP contribution in [0.2, 0.25) is 0 Å². The van der Waals surface area contributed by atoms with E-state index in [0.29, 0.717) is 24.1 Å². The lowest BCUT2D eigenvalue weighted by Crippen LogP contribution is -2.41. The van der Waals surface area contributed by atoms with Crippen LogP contribution in [0.15, 0.2) is 9.59 Å². The number of nitrogens with zero attached hydrogens (tertiary/aromatic N) is 2. The summed E-state index contributed by atoms with van der Waals surface area (Å²) in [4.78, 5) is 27.5. The van der Waals surface area contributed by atoms with E-state index in [1.54, 1.807) is 6.26 Å². The van der Waals surface area contributed by atoms with Crippen LogP contribution in [-0.2, 0) is 11.2 Å². The third-order valence-electron chi connectivity index (χ3n) is 4.38. The molecule has 1 fully saturated rings. The first-order valence-corrected chi connectivity index (χ1v) is 7.14. The molecule has 1 N–H and O–H groups in total. The molecule has 1 unspecified atom stereocenters. The highest BCUT2D eigenvalue weighted by atomic mass is 16.5. The highest BCUT2D eigenvalue weighted by molar-refractivity contribution is 5.25. The second-order valence-corrected chi connectivity index (χ2v) is 5.53. The van der Waals surface area contributed by atoms with Crippen LogP contribution >= 0.6 is 0 Å². The van der Waals surface area contributed by atoms with Gasteiger partial charge in [0, 0.05) is 11.6 Å². The molecule has 2 aliphatic rings. The quantitative estimate of drug-likeness (QED) is 0.829. The number of rotatable bonds is 2. The van der Waals surface area contributed by atoms with Gasteiger partial charge >= 0.3 is 5.69 Å². The molecule has 0 aliphatic heterocycles. The van der Waals surface area contributed by atoms with E-state index in [-0.39, 0.29) is 17.3 Å². The van der Waals surface area contributed by atoms with Crippen molar-refractivity contribution in [1.29, 1.82) is 5.26 Å². The molecule has 2 aliphatic carbocycles. The molecule has 0 spiro atoms. The number of hydrogen-bond donors (Lipinski definition) is 1. The zero-order valence-electron chi connectivity index (χ0n) is 11.2. The Morgan fingerprint density at radius 2 is 1.95 bits per heavy atom. The van der Waals surface area contributed by atoms with Gasteiger partial charge in [0.25, 0.3) is 11.8 Å². The summed E-state index contributed by atoms with van der Waals surface area (Å²) >= 11 is 0. The van der Waals surface area contributed by atoms with Crippen molar-refractivity contribution in [2.45, 2.75) is 57.1 Å². The molecule has 0 bridgehead atoms. The Hall–Kier alpha value is -2.03. The Kier molecular flexibility index (Phi) is 3.35. The van der Waals surface area contributed by atoms with E-state index in [4.69, 9.17) is 10.00 Å². The van der Waals surface area contributed by atoms with Gasteiger partial charge in [0.15, 0.2) is 6.10 Å². The fourth-order valence-corrected chi connectivity index (χ4v) is 3.39. The van der Waals surface area contributed by atoms with Crippen molar-refractivity contribution in [3.8, 4) is 6.26 Å². The van der Waals surface area contributed by atoms with E-state index in [9.17, 15) is 9.59 Å². The topological polar surface area (TPSA) is 87.9 Å². The minimum absolute atomic E-state index is 0.0150. The third-order valence-corrected chi connectivity index (χ3v) is 4.38. The Bertz CT molecular complexity index is 662. The zero-order chi connectivity index (χ0) is 14.1. The molecule has 0 aromatic carbocycles. The second kappa shape index (κ2) is 5.16. The average molecular weight is 275 g/mol. The molecule has 0 saturated heterocycles. The van der Waals surface area contributed by atoms with Gasteiger partial charge in [-0.15, -0.1) is 0 Å². The maximum atomic E-state index is 12.5. The number of fused-ring (bicyclic) bond motifs is 1. The van der Waals surface area contributed by atoms with Crippen LogP contribution in [0, 0.1) is 11.5 Å². The summed E-state index contributed by atoms with van der Waals surface area (Å²) in [5.41, 5.74) is 0.540. The van der Waals surface area contributed by atoms with Gasteiger partial charge in [0.1, 0.15) is 0 Å². The summed E-state index contributed by atoms with van der Waals surface area (Å²) in [5, 5.41) is 8.60. The van der Waals surface area contributed by atoms with E-state index < -0.39 is 6.10 Å². The first-order chi connectivity index (χ1) is 9.72. The van der Waals surface area contributed by atoms with E-state index in [2.05, 4.69) is 4.98 Å². The Labute approximate surface area is 116 Å². The number of nitrogens with one attached hydrogen (secondary N) is 1. The Morgan fingerprint density at radius 3 is 2.65 bits per heavy atom. The molecule has 20 heavy (non-hydrogen) atoms. The van der Waals surface area contributed by atoms with Crippen molar-refractivity contribution in [3.63, 3.8) is 0 Å². The van der Waals surface area contributed by atoms with Crippen LogP contribution in [0.5, 0.6) is 0 Å². The third kappa shape index (κ3) is 2.03. The van der Waals surface area contributed by atoms with Crippen molar-refractivity contribution in [1.82, 2.24) is 9.55 Å². The number of nitriles is 1. The molecule has 1 aromatic heterocycles. The van der Waals surface area contributed by atoms with Gasteiger partial charge in [-0.2, -0.15) is 5.26 Å². The normalized spacial score (nSPS) is 22.2. The van der Waals surface area contributed by atoms with Crippen LogP contribution < -0.4 is 11.2 Å². The summed E-state index contributed by atoms with van der Waals surface area (Å²) in [5.74, 6) is 0. The zero-order valence-corrected chi connectivity index (χ0v) is 11.2. The van der Waals surface area contributed by atoms with E-state index in [1.165, 1.54) is 11.0 Å². The van der Waals surface area contributed by atoms with Crippen molar-refractivity contribution in [2.24, 2.45) is 0 Å². The molecule has 6 nitrogen and oxygen atoms in total. The van der Waals surface area contributed by atoms with E-state index >= 15 is 0 Å². The number of H-pyrrole nitrogens is 1. The summed E-state index contributed by atoms with van der Waals surface area (Å²) in [6.45, 7) is 0. The molecular weight excluding hydrogens is 258 g/mol. The molecule has 1 aromatic rings. The van der Waals surface area contributed by atoms with Gasteiger partial charge < -0.3 is 9.72 Å². The molecule has 1 atom stereocenters. The second-order valence-electron chi connectivity index (χ2n) is 5.53. The van der Waals surface area contributed by atoms with E-state index in [0.717, 1.165) is 25.7 Å². The summed E-state index contributed by atoms with van der Waals surface area (Å²) in [6, 6.07) is 0.0150. The lowest BCUT2D eigenvalue weighted by molar-refractivity contribution is 0.161. The van der Waals surface area contributed by atoms with Crippen LogP contribution in [-0.4, -0.2) is 9.55 Å². The fourth-order valence-electron chi connectivity index (χ4n) is 3.39. The van der Waals surface area contributed by atoms with Gasteiger partial charge in [-0.1, -0.05) is 19.3 Å². The summed E-state index contributed by atoms with van der Waals surface area (Å²) in [7, 11) is 0. The highest BCUT2D eigenvalue weighted by Crippen LogP contribution is 2.30. The SMILES string of the molecule is N#COC1CCc2c1[nH]c(=O)n(C1CCCCC1)c2=O. The monoisotopic (exact) mass is 275 g/mol. The lowest BCUT2D eigenvalue weighted by atomic mass is 9.95. The van der Waals surface area contributed by atoms with Crippen molar-refractivity contribution in [2.75, 3.05) is 0 Å². The molecule has 1 saturated carbocycles. The molecule has 0 amide bonds. The number of hydrogen-bond acceptors (Lipinski definition) is 4. The average Bonchev–Trinajstić information content (AvgIpc) is 2.84. The number of ether oxygens (including phenoxy) is 1. The van der Waals surface area contributed by atoms with Crippen molar-refractivity contribution < 1.29 is 4.74 Å². The van der Waals surface area contributed by atoms with Gasteiger partial charge in [0.2, 0.25) is 0 Å². The largest absolute Gasteiger partial charge is 0.418 e. The maximum absolute atomic E-state index is 12.5. The van der Waals surface area contributed by atoms with Crippen molar-refractivity contribution >= 4 is 0 Å².